The first-order chi connectivity index (χ1) is 11.3. The lowest BCUT2D eigenvalue weighted by Crippen LogP contribution is -2.27. The van der Waals surface area contributed by atoms with Crippen LogP contribution in [-0.2, 0) is 19.4 Å². The van der Waals surface area contributed by atoms with Crippen molar-refractivity contribution in [2.24, 2.45) is 0 Å². The average Bonchev–Trinajstić information content (AvgIpc) is 2.62. The number of hydrogen-bond donors (Lipinski definition) is 2. The van der Waals surface area contributed by atoms with Gasteiger partial charge in [-0.25, -0.2) is 0 Å². The molecule has 1 aliphatic rings. The van der Waals surface area contributed by atoms with E-state index in [9.17, 15) is 0 Å². The van der Waals surface area contributed by atoms with E-state index >= 15 is 0 Å². The molecule has 1 atom stereocenters. The third-order valence-electron chi connectivity index (χ3n) is 4.67. The molecule has 0 saturated carbocycles. The monoisotopic (exact) mass is 311 g/mol. The fourth-order valence-corrected chi connectivity index (χ4v) is 3.33. The van der Waals surface area contributed by atoms with Crippen molar-refractivity contribution in [1.29, 1.82) is 0 Å². The van der Waals surface area contributed by atoms with E-state index < -0.39 is 0 Å². The number of rotatable bonds is 6. The molecule has 0 saturated heterocycles. The largest absolute Gasteiger partial charge is 0.497 e. The number of aliphatic hydroxyl groups is 1. The minimum Gasteiger partial charge on any atom is -0.497 e. The highest BCUT2D eigenvalue weighted by Gasteiger charge is 2.19. The lowest BCUT2D eigenvalue weighted by Gasteiger charge is -2.27. The van der Waals surface area contributed by atoms with Crippen molar-refractivity contribution >= 4 is 0 Å². The van der Waals surface area contributed by atoms with Gasteiger partial charge in [0.15, 0.2) is 0 Å². The summed E-state index contributed by atoms with van der Waals surface area (Å²) >= 11 is 0. The van der Waals surface area contributed by atoms with Crippen molar-refractivity contribution in [3.05, 3.63) is 64.7 Å². The van der Waals surface area contributed by atoms with Gasteiger partial charge in [0.1, 0.15) is 5.75 Å². The van der Waals surface area contributed by atoms with Gasteiger partial charge in [-0.05, 0) is 66.6 Å². The Morgan fingerprint density at radius 2 is 1.91 bits per heavy atom. The summed E-state index contributed by atoms with van der Waals surface area (Å²) in [4.78, 5) is 0. The molecule has 2 aromatic carbocycles. The standard InChI is InChI=1S/C20H25NO2/c1-23-18-9-10-19-17(13-18)3-2-4-20(19)21-12-11-15-5-7-16(14-22)8-6-15/h5-10,13,20-22H,2-4,11-12,14H2,1H3. The first-order valence-corrected chi connectivity index (χ1v) is 8.39. The van der Waals surface area contributed by atoms with Gasteiger partial charge in [-0.3, -0.25) is 0 Å². The molecule has 3 nitrogen and oxygen atoms in total. The molecule has 23 heavy (non-hydrogen) atoms. The zero-order valence-electron chi connectivity index (χ0n) is 13.7. The third kappa shape index (κ3) is 3.92. The Morgan fingerprint density at radius 3 is 2.65 bits per heavy atom. The number of nitrogens with one attached hydrogen (secondary N) is 1. The summed E-state index contributed by atoms with van der Waals surface area (Å²) in [6.07, 6.45) is 4.58. The second kappa shape index (κ2) is 7.62. The van der Waals surface area contributed by atoms with Crippen molar-refractivity contribution < 1.29 is 9.84 Å². The van der Waals surface area contributed by atoms with Crippen LogP contribution in [0.3, 0.4) is 0 Å². The summed E-state index contributed by atoms with van der Waals surface area (Å²) in [6, 6.07) is 15.1. The third-order valence-corrected chi connectivity index (χ3v) is 4.67. The van der Waals surface area contributed by atoms with E-state index in [1.165, 1.54) is 29.5 Å². The Kier molecular flexibility index (Phi) is 5.31. The molecule has 3 rings (SSSR count). The van der Waals surface area contributed by atoms with Crippen LogP contribution in [-0.4, -0.2) is 18.8 Å². The van der Waals surface area contributed by atoms with E-state index in [1.54, 1.807) is 7.11 Å². The number of benzene rings is 2. The lowest BCUT2D eigenvalue weighted by atomic mass is 9.87. The summed E-state index contributed by atoms with van der Waals surface area (Å²) in [5.41, 5.74) is 5.12. The number of ether oxygens (including phenoxy) is 1. The maximum atomic E-state index is 9.08. The maximum Gasteiger partial charge on any atom is 0.119 e. The molecular weight excluding hydrogens is 286 g/mol. The molecule has 0 bridgehead atoms. The van der Waals surface area contributed by atoms with Gasteiger partial charge in [0.2, 0.25) is 0 Å². The van der Waals surface area contributed by atoms with Crippen molar-refractivity contribution in [2.75, 3.05) is 13.7 Å². The van der Waals surface area contributed by atoms with Gasteiger partial charge in [0.25, 0.3) is 0 Å². The fourth-order valence-electron chi connectivity index (χ4n) is 3.33. The number of aryl methyl sites for hydroxylation is 1. The lowest BCUT2D eigenvalue weighted by molar-refractivity contribution is 0.282. The highest BCUT2D eigenvalue weighted by Crippen LogP contribution is 2.32. The molecular formula is C20H25NO2. The van der Waals surface area contributed by atoms with Gasteiger partial charge in [0.05, 0.1) is 13.7 Å². The Morgan fingerprint density at radius 1 is 1.13 bits per heavy atom. The zero-order valence-corrected chi connectivity index (χ0v) is 13.7. The summed E-state index contributed by atoms with van der Waals surface area (Å²) < 4.78 is 5.34. The van der Waals surface area contributed by atoms with Crippen LogP contribution in [0.5, 0.6) is 5.75 Å². The molecule has 0 heterocycles. The minimum absolute atomic E-state index is 0.112. The Bertz CT molecular complexity index is 637. The van der Waals surface area contributed by atoms with Crippen LogP contribution in [0.2, 0.25) is 0 Å². The SMILES string of the molecule is COc1ccc2c(c1)CCCC2NCCc1ccc(CO)cc1. The normalized spacial score (nSPS) is 16.9. The quantitative estimate of drug-likeness (QED) is 0.859. The number of fused-ring (bicyclic) bond motifs is 1. The van der Waals surface area contributed by atoms with Crippen LogP contribution in [0.1, 0.15) is 41.1 Å². The van der Waals surface area contributed by atoms with Crippen LogP contribution >= 0.6 is 0 Å². The molecule has 1 aliphatic carbocycles. The van der Waals surface area contributed by atoms with Gasteiger partial charge in [-0.15, -0.1) is 0 Å². The first kappa shape index (κ1) is 16.0. The molecule has 122 valence electrons. The molecule has 0 radical (unpaired) electrons. The zero-order chi connectivity index (χ0) is 16.1. The molecule has 0 aliphatic heterocycles. The van der Waals surface area contributed by atoms with Gasteiger partial charge in [-0.1, -0.05) is 30.3 Å². The summed E-state index contributed by atoms with van der Waals surface area (Å²) in [7, 11) is 1.72. The van der Waals surface area contributed by atoms with Crippen LogP contribution in [0.25, 0.3) is 0 Å². The average molecular weight is 311 g/mol. The molecule has 2 aromatic rings. The number of hydrogen-bond acceptors (Lipinski definition) is 3. The Balaban J connectivity index is 1.59. The van der Waals surface area contributed by atoms with Crippen molar-refractivity contribution in [3.8, 4) is 5.75 Å². The molecule has 0 aromatic heterocycles. The van der Waals surface area contributed by atoms with Gasteiger partial charge >= 0.3 is 0 Å². The predicted octanol–water partition coefficient (Wildman–Crippen LogP) is 3.40. The fraction of sp³-hybridized carbons (Fsp3) is 0.400. The van der Waals surface area contributed by atoms with E-state index in [1.807, 2.05) is 12.1 Å². The second-order valence-corrected chi connectivity index (χ2v) is 6.19. The predicted molar refractivity (Wildman–Crippen MR) is 92.7 cm³/mol. The molecule has 0 fully saturated rings. The summed E-state index contributed by atoms with van der Waals surface area (Å²) in [6.45, 7) is 1.08. The molecule has 0 amide bonds. The second-order valence-electron chi connectivity index (χ2n) is 6.19. The number of methoxy groups -OCH3 is 1. The van der Waals surface area contributed by atoms with Crippen LogP contribution in [0, 0.1) is 0 Å². The van der Waals surface area contributed by atoms with E-state index in [4.69, 9.17) is 9.84 Å². The Labute approximate surface area is 138 Å². The molecule has 0 spiro atoms. The summed E-state index contributed by atoms with van der Waals surface area (Å²) in [5, 5.41) is 12.8. The van der Waals surface area contributed by atoms with Gasteiger partial charge in [-0.2, -0.15) is 0 Å². The molecule has 3 heteroatoms. The van der Waals surface area contributed by atoms with Crippen LogP contribution < -0.4 is 10.1 Å². The maximum absolute atomic E-state index is 9.08. The van der Waals surface area contributed by atoms with E-state index in [0.29, 0.717) is 6.04 Å². The van der Waals surface area contributed by atoms with Crippen molar-refractivity contribution in [2.45, 2.75) is 38.3 Å². The van der Waals surface area contributed by atoms with Crippen LogP contribution in [0.4, 0.5) is 0 Å². The first-order valence-electron chi connectivity index (χ1n) is 8.39. The van der Waals surface area contributed by atoms with Gasteiger partial charge < -0.3 is 15.2 Å². The highest BCUT2D eigenvalue weighted by molar-refractivity contribution is 5.39. The van der Waals surface area contributed by atoms with Crippen molar-refractivity contribution in [3.63, 3.8) is 0 Å². The molecule has 2 N–H and O–H groups in total. The van der Waals surface area contributed by atoms with E-state index in [0.717, 1.165) is 30.7 Å². The van der Waals surface area contributed by atoms with Crippen LogP contribution in [0.15, 0.2) is 42.5 Å². The highest BCUT2D eigenvalue weighted by atomic mass is 16.5. The Hall–Kier alpha value is -1.84. The van der Waals surface area contributed by atoms with Crippen molar-refractivity contribution in [1.82, 2.24) is 5.32 Å². The topological polar surface area (TPSA) is 41.5 Å². The van der Waals surface area contributed by atoms with E-state index in [2.05, 4.69) is 35.6 Å². The molecule has 1 unspecified atom stereocenters. The minimum atomic E-state index is 0.112. The summed E-state index contributed by atoms with van der Waals surface area (Å²) in [5.74, 6) is 0.952. The number of aliphatic hydroxyl groups excluding tert-OH is 1. The van der Waals surface area contributed by atoms with Gasteiger partial charge in [0, 0.05) is 6.04 Å². The smallest absolute Gasteiger partial charge is 0.119 e. The van der Waals surface area contributed by atoms with E-state index in [-0.39, 0.29) is 6.61 Å².